The molecule has 1 aromatic heterocycles. The van der Waals surface area contributed by atoms with Gasteiger partial charge in [-0.1, -0.05) is 13.8 Å². The predicted molar refractivity (Wildman–Crippen MR) is 56.2 cm³/mol. The zero-order valence-electron chi connectivity index (χ0n) is 8.82. The normalized spacial score (nSPS) is 12.8. The molecule has 84 valence electrons. The monoisotopic (exact) mass is 212 g/mol. The number of nitrogens with two attached hydrogens (primary N) is 1. The highest BCUT2D eigenvalue weighted by atomic mass is 16.3. The van der Waals surface area contributed by atoms with E-state index in [0.29, 0.717) is 5.69 Å². The standard InChI is InChI=1S/C9H16N4O2/c1-5(2)7(14)4-11-9(15)6-3-8(10)13-12-6/h3,5,7,14H,4H2,1-2H3,(H,11,15)(H3,10,12,13). The molecule has 0 fully saturated rings. The number of hydrogen-bond acceptors (Lipinski definition) is 4. The molecule has 0 spiro atoms. The smallest absolute Gasteiger partial charge is 0.269 e. The Bertz CT molecular complexity index is 335. The highest BCUT2D eigenvalue weighted by Gasteiger charge is 2.13. The molecule has 0 radical (unpaired) electrons. The third-order valence-electron chi connectivity index (χ3n) is 2.08. The van der Waals surface area contributed by atoms with Gasteiger partial charge >= 0.3 is 0 Å². The maximum Gasteiger partial charge on any atom is 0.269 e. The quantitative estimate of drug-likeness (QED) is 0.552. The van der Waals surface area contributed by atoms with Crippen LogP contribution in [0.25, 0.3) is 0 Å². The van der Waals surface area contributed by atoms with Gasteiger partial charge in [-0.25, -0.2) is 0 Å². The Morgan fingerprint density at radius 2 is 2.40 bits per heavy atom. The maximum atomic E-state index is 11.4. The Morgan fingerprint density at radius 1 is 1.73 bits per heavy atom. The minimum Gasteiger partial charge on any atom is -0.391 e. The van der Waals surface area contributed by atoms with Crippen molar-refractivity contribution < 1.29 is 9.90 Å². The first kappa shape index (κ1) is 11.5. The number of amides is 1. The lowest BCUT2D eigenvalue weighted by Crippen LogP contribution is -2.34. The van der Waals surface area contributed by atoms with E-state index in [0.717, 1.165) is 0 Å². The van der Waals surface area contributed by atoms with Crippen LogP contribution in [0.15, 0.2) is 6.07 Å². The fourth-order valence-electron chi connectivity index (χ4n) is 0.982. The number of anilines is 1. The van der Waals surface area contributed by atoms with Crippen molar-refractivity contribution in [3.63, 3.8) is 0 Å². The van der Waals surface area contributed by atoms with E-state index in [1.54, 1.807) is 0 Å². The van der Waals surface area contributed by atoms with Gasteiger partial charge in [-0.15, -0.1) is 0 Å². The van der Waals surface area contributed by atoms with Gasteiger partial charge < -0.3 is 16.2 Å². The summed E-state index contributed by atoms with van der Waals surface area (Å²) in [7, 11) is 0. The molecule has 1 heterocycles. The molecular weight excluding hydrogens is 196 g/mol. The summed E-state index contributed by atoms with van der Waals surface area (Å²) < 4.78 is 0. The Labute approximate surface area is 87.9 Å². The fourth-order valence-corrected chi connectivity index (χ4v) is 0.982. The zero-order chi connectivity index (χ0) is 11.4. The van der Waals surface area contributed by atoms with E-state index < -0.39 is 6.10 Å². The van der Waals surface area contributed by atoms with Crippen LogP contribution in [0.1, 0.15) is 24.3 Å². The number of nitrogens with one attached hydrogen (secondary N) is 2. The Kier molecular flexibility index (Phi) is 3.68. The molecule has 15 heavy (non-hydrogen) atoms. The lowest BCUT2D eigenvalue weighted by Gasteiger charge is -2.14. The van der Waals surface area contributed by atoms with Crippen molar-refractivity contribution in [3.05, 3.63) is 11.8 Å². The molecule has 6 nitrogen and oxygen atoms in total. The van der Waals surface area contributed by atoms with Gasteiger partial charge in [-0.2, -0.15) is 5.10 Å². The van der Waals surface area contributed by atoms with E-state index >= 15 is 0 Å². The summed E-state index contributed by atoms with van der Waals surface area (Å²) in [6.07, 6.45) is -0.547. The summed E-state index contributed by atoms with van der Waals surface area (Å²) in [5, 5.41) is 18.2. The summed E-state index contributed by atoms with van der Waals surface area (Å²) in [6, 6.07) is 1.44. The van der Waals surface area contributed by atoms with Gasteiger partial charge in [0.25, 0.3) is 5.91 Å². The highest BCUT2D eigenvalue weighted by molar-refractivity contribution is 5.92. The average Bonchev–Trinajstić information content (AvgIpc) is 2.60. The van der Waals surface area contributed by atoms with Crippen LogP contribution in [0.3, 0.4) is 0 Å². The largest absolute Gasteiger partial charge is 0.391 e. The molecule has 1 atom stereocenters. The van der Waals surface area contributed by atoms with Crippen LogP contribution in [0.5, 0.6) is 0 Å². The first-order valence-electron chi connectivity index (χ1n) is 4.78. The van der Waals surface area contributed by atoms with Gasteiger partial charge in [0.15, 0.2) is 0 Å². The highest BCUT2D eigenvalue weighted by Crippen LogP contribution is 2.02. The number of aromatic amines is 1. The van der Waals surface area contributed by atoms with Crippen LogP contribution in [0.2, 0.25) is 0 Å². The topological polar surface area (TPSA) is 104 Å². The molecule has 1 aromatic rings. The Balaban J connectivity index is 2.43. The number of aromatic nitrogens is 2. The van der Waals surface area contributed by atoms with E-state index in [1.807, 2.05) is 13.8 Å². The molecule has 1 rings (SSSR count). The summed E-state index contributed by atoms with van der Waals surface area (Å²) in [6.45, 7) is 3.98. The molecule has 0 bridgehead atoms. The van der Waals surface area contributed by atoms with E-state index in [4.69, 9.17) is 5.73 Å². The summed E-state index contributed by atoms with van der Waals surface area (Å²) in [5.74, 6) is 0.0561. The van der Waals surface area contributed by atoms with Crippen molar-refractivity contribution in [1.82, 2.24) is 15.5 Å². The van der Waals surface area contributed by atoms with Crippen molar-refractivity contribution >= 4 is 11.7 Å². The number of carbonyl (C=O) groups excluding carboxylic acids is 1. The molecule has 1 unspecified atom stereocenters. The number of nitrogens with zero attached hydrogens (tertiary/aromatic N) is 1. The first-order chi connectivity index (χ1) is 7.00. The van der Waals surface area contributed by atoms with Crippen LogP contribution in [0.4, 0.5) is 5.82 Å². The molecule has 5 N–H and O–H groups in total. The molecule has 6 heteroatoms. The third-order valence-corrected chi connectivity index (χ3v) is 2.08. The minimum atomic E-state index is -0.547. The van der Waals surface area contributed by atoms with Crippen molar-refractivity contribution in [1.29, 1.82) is 0 Å². The fraction of sp³-hybridized carbons (Fsp3) is 0.556. The summed E-state index contributed by atoms with van der Waals surface area (Å²) in [4.78, 5) is 11.4. The average molecular weight is 212 g/mol. The van der Waals surface area contributed by atoms with E-state index in [2.05, 4.69) is 15.5 Å². The van der Waals surface area contributed by atoms with Crippen molar-refractivity contribution in [3.8, 4) is 0 Å². The van der Waals surface area contributed by atoms with Crippen LogP contribution in [0, 0.1) is 5.92 Å². The van der Waals surface area contributed by atoms with E-state index in [9.17, 15) is 9.90 Å². The number of hydrogen-bond donors (Lipinski definition) is 4. The SMILES string of the molecule is CC(C)C(O)CNC(=O)c1cc(N)n[nH]1. The lowest BCUT2D eigenvalue weighted by molar-refractivity contribution is 0.0867. The second-order valence-electron chi connectivity index (χ2n) is 3.73. The van der Waals surface area contributed by atoms with Crippen LogP contribution >= 0.6 is 0 Å². The van der Waals surface area contributed by atoms with Crippen LogP contribution in [-0.2, 0) is 0 Å². The van der Waals surface area contributed by atoms with Gasteiger partial charge in [0.1, 0.15) is 11.5 Å². The maximum absolute atomic E-state index is 11.4. The van der Waals surface area contributed by atoms with Gasteiger partial charge in [0.2, 0.25) is 0 Å². The summed E-state index contributed by atoms with van der Waals surface area (Å²) in [5.41, 5.74) is 5.64. The van der Waals surface area contributed by atoms with Crippen molar-refractivity contribution in [2.24, 2.45) is 5.92 Å². The van der Waals surface area contributed by atoms with Gasteiger partial charge in [0, 0.05) is 12.6 Å². The van der Waals surface area contributed by atoms with Gasteiger partial charge in [-0.05, 0) is 5.92 Å². The Morgan fingerprint density at radius 3 is 2.87 bits per heavy atom. The number of nitrogen functional groups attached to an aromatic ring is 1. The molecule has 0 aliphatic carbocycles. The van der Waals surface area contributed by atoms with Crippen molar-refractivity contribution in [2.45, 2.75) is 20.0 Å². The Hall–Kier alpha value is -1.56. The number of carbonyl (C=O) groups is 1. The predicted octanol–water partition coefficient (Wildman–Crippen LogP) is -0.261. The minimum absolute atomic E-state index is 0.108. The molecule has 0 saturated heterocycles. The van der Waals surface area contributed by atoms with Gasteiger partial charge in [0.05, 0.1) is 6.10 Å². The van der Waals surface area contributed by atoms with Gasteiger partial charge in [-0.3, -0.25) is 9.89 Å². The number of rotatable bonds is 4. The van der Waals surface area contributed by atoms with Crippen LogP contribution in [-0.4, -0.2) is 33.9 Å². The zero-order valence-corrected chi connectivity index (χ0v) is 8.82. The molecule has 0 aliphatic heterocycles. The summed E-state index contributed by atoms with van der Waals surface area (Å²) >= 11 is 0. The molecule has 1 amide bonds. The lowest BCUT2D eigenvalue weighted by atomic mass is 10.1. The second-order valence-corrected chi connectivity index (χ2v) is 3.73. The second kappa shape index (κ2) is 4.79. The molecule has 0 aliphatic rings. The van der Waals surface area contributed by atoms with E-state index in [1.165, 1.54) is 6.07 Å². The number of aliphatic hydroxyl groups excluding tert-OH is 1. The molecule has 0 saturated carbocycles. The molecule has 0 aromatic carbocycles. The first-order valence-corrected chi connectivity index (χ1v) is 4.78. The van der Waals surface area contributed by atoms with E-state index in [-0.39, 0.29) is 24.2 Å². The van der Waals surface area contributed by atoms with Crippen LogP contribution < -0.4 is 11.1 Å². The molecular formula is C9H16N4O2. The number of aliphatic hydroxyl groups is 1. The third kappa shape index (κ3) is 3.25. The van der Waals surface area contributed by atoms with Crippen molar-refractivity contribution in [2.75, 3.05) is 12.3 Å². The number of H-pyrrole nitrogens is 1.